The molecule has 6 atom stereocenters. The van der Waals surface area contributed by atoms with Gasteiger partial charge in [-0.1, -0.05) is 52.0 Å². The van der Waals surface area contributed by atoms with Gasteiger partial charge in [0.2, 0.25) is 0 Å². The first-order valence-electron chi connectivity index (χ1n) is 18.2. The van der Waals surface area contributed by atoms with E-state index < -0.39 is 68.1 Å². The Morgan fingerprint density at radius 1 is 1.00 bits per heavy atom. The molecule has 292 valence electrons. The number of benzene rings is 1. The Labute approximate surface area is 310 Å². The molecular weight excluding hydrogens is 687 g/mol. The Balaban J connectivity index is 1.90. The van der Waals surface area contributed by atoms with Crippen LogP contribution in [0.15, 0.2) is 30.4 Å². The molecule has 4 rings (SSSR count). The lowest BCUT2D eigenvalue weighted by atomic mass is 9.98. The van der Waals surface area contributed by atoms with Crippen molar-refractivity contribution in [2.45, 2.75) is 155 Å². The van der Waals surface area contributed by atoms with Gasteiger partial charge in [0.05, 0.1) is 18.4 Å². The smallest absolute Gasteiger partial charge is 0.439 e. The summed E-state index contributed by atoms with van der Waals surface area (Å²) >= 11 is 0. The van der Waals surface area contributed by atoms with Crippen LogP contribution in [-0.2, 0) is 33.3 Å². The Hall–Kier alpha value is -2.78. The van der Waals surface area contributed by atoms with E-state index in [9.17, 15) is 14.7 Å². The third-order valence-electron chi connectivity index (χ3n) is 9.61. The normalized spacial score (nSPS) is 29.2. The van der Waals surface area contributed by atoms with E-state index in [1.54, 1.807) is 52.0 Å². The topological polar surface area (TPSA) is 131 Å². The van der Waals surface area contributed by atoms with Crippen LogP contribution in [0.25, 0.3) is 6.08 Å². The summed E-state index contributed by atoms with van der Waals surface area (Å²) in [5.41, 5.74) is 0.0738. The standard InChI is InChI=1S/C39H61NO11Si/c1-24-18-19-29(41)33-30(48-39(11,12)49-33)17-15-16-26-20-27(21-31(32(26)34(42)46-25(24)2)51-52(13,14)37(6,7)8)40(35(43)50-36(3,4)5)45-23-28-22-44-38(9,10)47-28/h15-16,18-21,24-25,28-30,33,41H,17,22-23H2,1-14H3/b16-15+,19-18-/t24-,25+,28-,29?,30+,33-/m1/s1. The molecule has 0 spiro atoms. The second-order valence-electron chi connectivity index (χ2n) is 17.4. The summed E-state index contributed by atoms with van der Waals surface area (Å²) in [6.45, 7) is 27.0. The zero-order valence-electron chi connectivity index (χ0n) is 33.5. The number of aliphatic hydroxyl groups is 1. The van der Waals surface area contributed by atoms with Crippen LogP contribution >= 0.6 is 0 Å². The van der Waals surface area contributed by atoms with Gasteiger partial charge >= 0.3 is 12.1 Å². The maximum absolute atomic E-state index is 14.3. The van der Waals surface area contributed by atoms with Gasteiger partial charge in [-0.25, -0.2) is 9.59 Å². The highest BCUT2D eigenvalue weighted by molar-refractivity contribution is 6.74. The summed E-state index contributed by atoms with van der Waals surface area (Å²) in [4.78, 5) is 34.3. The Morgan fingerprint density at radius 2 is 1.67 bits per heavy atom. The number of hydroxylamine groups is 1. The van der Waals surface area contributed by atoms with E-state index in [-0.39, 0.29) is 41.2 Å². The van der Waals surface area contributed by atoms with E-state index in [0.717, 1.165) is 5.06 Å². The van der Waals surface area contributed by atoms with Gasteiger partial charge in [0.1, 0.15) is 47.9 Å². The zero-order chi connectivity index (χ0) is 39.0. The number of rotatable bonds is 6. The van der Waals surface area contributed by atoms with Crippen molar-refractivity contribution in [3.63, 3.8) is 0 Å². The van der Waals surface area contributed by atoms with Crippen LogP contribution < -0.4 is 9.49 Å². The minimum Gasteiger partial charge on any atom is -0.543 e. The summed E-state index contributed by atoms with van der Waals surface area (Å²) < 4.78 is 42.8. The Kier molecular flexibility index (Phi) is 12.5. The van der Waals surface area contributed by atoms with E-state index in [1.165, 1.54) is 0 Å². The number of hydrogen-bond donors (Lipinski definition) is 1. The third-order valence-corrected chi connectivity index (χ3v) is 14.0. The van der Waals surface area contributed by atoms with Gasteiger partial charge in [0.25, 0.3) is 8.32 Å². The van der Waals surface area contributed by atoms with Crippen LogP contribution in [0.3, 0.4) is 0 Å². The minimum absolute atomic E-state index is 0.0164. The van der Waals surface area contributed by atoms with Gasteiger partial charge in [-0.2, -0.15) is 5.06 Å². The maximum Gasteiger partial charge on any atom is 0.439 e. The lowest BCUT2D eigenvalue weighted by Gasteiger charge is -2.37. The predicted molar refractivity (Wildman–Crippen MR) is 201 cm³/mol. The number of hydrogen-bond acceptors (Lipinski definition) is 11. The van der Waals surface area contributed by atoms with E-state index in [2.05, 4.69) is 33.9 Å². The molecule has 1 aromatic carbocycles. The molecular formula is C39H61NO11Si. The van der Waals surface area contributed by atoms with Crippen LogP contribution in [-0.4, -0.2) is 86.4 Å². The van der Waals surface area contributed by atoms with E-state index in [4.69, 9.17) is 37.7 Å². The molecule has 1 unspecified atom stereocenters. The molecule has 0 bridgehead atoms. The lowest BCUT2D eigenvalue weighted by Crippen LogP contribution is -2.44. The lowest BCUT2D eigenvalue weighted by molar-refractivity contribution is -0.152. The number of carbonyl (C=O) groups is 2. The summed E-state index contributed by atoms with van der Waals surface area (Å²) in [7, 11) is -2.59. The molecule has 52 heavy (non-hydrogen) atoms. The molecule has 3 aliphatic rings. The number of amides is 1. The molecule has 12 nitrogen and oxygen atoms in total. The van der Waals surface area contributed by atoms with Crippen LogP contribution in [0.2, 0.25) is 18.1 Å². The van der Waals surface area contributed by atoms with Gasteiger partial charge in [-0.3, -0.25) is 4.84 Å². The van der Waals surface area contributed by atoms with Crippen LogP contribution in [0.5, 0.6) is 5.75 Å². The number of fused-ring (bicyclic) bond motifs is 2. The van der Waals surface area contributed by atoms with Crippen LogP contribution in [0.1, 0.15) is 105 Å². The zero-order valence-corrected chi connectivity index (χ0v) is 34.5. The Morgan fingerprint density at radius 3 is 2.27 bits per heavy atom. The number of anilines is 1. The van der Waals surface area contributed by atoms with E-state index in [1.807, 2.05) is 46.8 Å². The minimum atomic E-state index is -2.59. The van der Waals surface area contributed by atoms with Crippen molar-refractivity contribution in [1.82, 2.24) is 0 Å². The molecule has 0 saturated carbocycles. The first kappa shape index (κ1) is 42.0. The van der Waals surface area contributed by atoms with Gasteiger partial charge in [0.15, 0.2) is 11.6 Å². The fraction of sp³-hybridized carbons (Fsp3) is 0.692. The van der Waals surface area contributed by atoms with Gasteiger partial charge in [-0.05, 0) is 91.6 Å². The Bertz CT molecular complexity index is 1510. The number of ether oxygens (including phenoxy) is 6. The molecule has 3 heterocycles. The molecule has 2 saturated heterocycles. The monoisotopic (exact) mass is 747 g/mol. The van der Waals surface area contributed by atoms with Crippen molar-refractivity contribution < 1.29 is 52.4 Å². The fourth-order valence-electron chi connectivity index (χ4n) is 5.69. The molecule has 3 aliphatic heterocycles. The summed E-state index contributed by atoms with van der Waals surface area (Å²) in [5.74, 6) is -2.29. The number of carbonyl (C=O) groups excluding carboxylic acids is 2. The molecule has 1 aromatic rings. The predicted octanol–water partition coefficient (Wildman–Crippen LogP) is 7.93. The molecule has 0 aliphatic carbocycles. The van der Waals surface area contributed by atoms with Gasteiger partial charge < -0.3 is 38.0 Å². The van der Waals surface area contributed by atoms with E-state index in [0.29, 0.717) is 12.0 Å². The van der Waals surface area contributed by atoms with Crippen molar-refractivity contribution in [2.75, 3.05) is 18.3 Å². The first-order chi connectivity index (χ1) is 23.8. The maximum atomic E-state index is 14.3. The largest absolute Gasteiger partial charge is 0.543 e. The fourth-order valence-corrected chi connectivity index (χ4v) is 6.71. The first-order valence-corrected chi connectivity index (χ1v) is 21.1. The highest BCUT2D eigenvalue weighted by Crippen LogP contribution is 2.42. The van der Waals surface area contributed by atoms with E-state index >= 15 is 0 Å². The third kappa shape index (κ3) is 10.7. The number of aliphatic hydroxyl groups excluding tert-OH is 1. The molecule has 1 N–H and O–H groups in total. The molecule has 0 aromatic heterocycles. The second kappa shape index (κ2) is 15.5. The molecule has 2 fully saturated rings. The highest BCUT2D eigenvalue weighted by atomic mass is 28.4. The van der Waals surface area contributed by atoms with Crippen molar-refractivity contribution in [2.24, 2.45) is 5.92 Å². The second-order valence-corrected chi connectivity index (χ2v) is 22.1. The molecule has 1 amide bonds. The van der Waals surface area contributed by atoms with Gasteiger partial charge in [0, 0.05) is 12.0 Å². The number of esters is 1. The quantitative estimate of drug-likeness (QED) is 0.132. The van der Waals surface area contributed by atoms with Crippen molar-refractivity contribution in [3.8, 4) is 5.75 Å². The van der Waals surface area contributed by atoms with Gasteiger partial charge in [-0.15, -0.1) is 0 Å². The number of cyclic esters (lactones) is 1. The van der Waals surface area contributed by atoms with Crippen LogP contribution in [0.4, 0.5) is 10.5 Å². The van der Waals surface area contributed by atoms with Crippen molar-refractivity contribution in [3.05, 3.63) is 41.5 Å². The number of nitrogens with zero attached hydrogens (tertiary/aromatic N) is 1. The average Bonchev–Trinajstić information content (AvgIpc) is 3.49. The highest BCUT2D eigenvalue weighted by Gasteiger charge is 2.44. The summed E-state index contributed by atoms with van der Waals surface area (Å²) in [5, 5.41) is 12.0. The van der Waals surface area contributed by atoms with Crippen molar-refractivity contribution in [1.29, 1.82) is 0 Å². The van der Waals surface area contributed by atoms with Crippen molar-refractivity contribution >= 4 is 32.1 Å². The SMILES string of the molecule is C[C@@H]1/C=C\C(O)[C@H]2OC(C)(C)O[C@H]2C/C=C/c2cc(N(OC[C@H]3COC(C)(C)O3)C(=O)OC(C)(C)C)cc(O[Si](C)(C)C(C)(C)C)c2C(=O)O[C@H]1C. The molecule has 0 radical (unpaired) electrons. The van der Waals surface area contributed by atoms with Crippen LogP contribution in [0, 0.1) is 5.92 Å². The summed E-state index contributed by atoms with van der Waals surface area (Å²) in [6, 6.07) is 3.31. The molecule has 13 heteroatoms. The average molecular weight is 748 g/mol. The summed E-state index contributed by atoms with van der Waals surface area (Å²) in [6.07, 6.45) is 3.64.